The molecule has 3 rings (SSSR count). The van der Waals surface area contributed by atoms with Gasteiger partial charge in [-0.1, -0.05) is 0 Å². The molecule has 0 radical (unpaired) electrons. The third-order valence-electron chi connectivity index (χ3n) is 4.39. The number of hydrogen-bond acceptors (Lipinski definition) is 5. The number of anilines is 2. The van der Waals surface area contributed by atoms with Crippen LogP contribution in [0.25, 0.3) is 0 Å². The van der Waals surface area contributed by atoms with Gasteiger partial charge in [0.15, 0.2) is 0 Å². The Hall–Kier alpha value is -2.51. The first kappa shape index (κ1) is 18.3. The lowest BCUT2D eigenvalue weighted by atomic mass is 10.2. The van der Waals surface area contributed by atoms with E-state index >= 15 is 0 Å². The van der Waals surface area contributed by atoms with Gasteiger partial charge < -0.3 is 14.4 Å². The number of alkyl halides is 3. The second-order valence-electron chi connectivity index (χ2n) is 6.17. The van der Waals surface area contributed by atoms with Crippen LogP contribution in [0, 0.1) is 0 Å². The van der Waals surface area contributed by atoms with Crippen molar-refractivity contribution >= 4 is 11.6 Å². The molecule has 2 aromatic rings. The van der Waals surface area contributed by atoms with Gasteiger partial charge in [0.2, 0.25) is 11.8 Å². The molecule has 140 valence electrons. The highest BCUT2D eigenvalue weighted by atomic mass is 19.4. The van der Waals surface area contributed by atoms with Crippen LogP contribution in [0.3, 0.4) is 0 Å². The van der Waals surface area contributed by atoms with Crippen molar-refractivity contribution in [2.24, 2.45) is 0 Å². The van der Waals surface area contributed by atoms with E-state index in [1.54, 1.807) is 43.3 Å². The summed E-state index contributed by atoms with van der Waals surface area (Å²) in [6.07, 6.45) is -0.621. The largest absolute Gasteiger partial charge is 0.497 e. The van der Waals surface area contributed by atoms with Crippen molar-refractivity contribution < 1.29 is 22.6 Å². The second-order valence-corrected chi connectivity index (χ2v) is 6.17. The van der Waals surface area contributed by atoms with Crippen molar-refractivity contribution in [3.63, 3.8) is 0 Å². The van der Waals surface area contributed by atoms with E-state index in [0.717, 1.165) is 37.6 Å². The third-order valence-corrected chi connectivity index (χ3v) is 4.39. The van der Waals surface area contributed by atoms with Crippen molar-refractivity contribution in [1.82, 2.24) is 9.97 Å². The summed E-state index contributed by atoms with van der Waals surface area (Å²) in [6.45, 7) is 0. The summed E-state index contributed by atoms with van der Waals surface area (Å²) < 4.78 is 50.5. The average Bonchev–Trinajstić information content (AvgIpc) is 3.13. The van der Waals surface area contributed by atoms with E-state index in [0.29, 0.717) is 5.75 Å². The minimum atomic E-state index is -4.56. The molecule has 0 saturated heterocycles. The molecule has 8 heteroatoms. The van der Waals surface area contributed by atoms with E-state index < -0.39 is 17.6 Å². The van der Waals surface area contributed by atoms with Crippen LogP contribution in [0.15, 0.2) is 30.5 Å². The summed E-state index contributed by atoms with van der Waals surface area (Å²) in [5.74, 6) is 0.409. The van der Waals surface area contributed by atoms with Crippen LogP contribution >= 0.6 is 0 Å². The highest BCUT2D eigenvalue weighted by molar-refractivity contribution is 5.58. The van der Waals surface area contributed by atoms with Crippen LogP contribution in [0.5, 0.6) is 11.6 Å². The molecule has 1 heterocycles. The molecule has 1 aliphatic carbocycles. The molecule has 1 aromatic carbocycles. The molecule has 1 saturated carbocycles. The first-order valence-electron chi connectivity index (χ1n) is 8.37. The Morgan fingerprint density at radius 2 is 1.77 bits per heavy atom. The highest BCUT2D eigenvalue weighted by Crippen LogP contribution is 2.37. The van der Waals surface area contributed by atoms with Gasteiger partial charge in [0.05, 0.1) is 7.11 Å². The van der Waals surface area contributed by atoms with Crippen molar-refractivity contribution in [3.05, 3.63) is 36.0 Å². The van der Waals surface area contributed by atoms with Crippen molar-refractivity contribution in [2.45, 2.75) is 38.0 Å². The van der Waals surface area contributed by atoms with Gasteiger partial charge in [-0.05, 0) is 49.9 Å². The molecule has 1 fully saturated rings. The van der Waals surface area contributed by atoms with E-state index in [-0.39, 0.29) is 12.1 Å². The zero-order valence-electron chi connectivity index (χ0n) is 14.6. The van der Waals surface area contributed by atoms with Gasteiger partial charge in [0.25, 0.3) is 0 Å². The Morgan fingerprint density at radius 3 is 2.35 bits per heavy atom. The Labute approximate surface area is 149 Å². The Bertz CT molecular complexity index is 744. The molecule has 0 bridgehead atoms. The summed E-state index contributed by atoms with van der Waals surface area (Å²) in [5.41, 5.74) is -0.228. The smallest absolute Gasteiger partial charge is 0.423 e. The lowest BCUT2D eigenvalue weighted by Gasteiger charge is -2.21. The summed E-state index contributed by atoms with van der Waals surface area (Å²) in [7, 11) is 3.24. The maximum Gasteiger partial charge on any atom is 0.423 e. The van der Waals surface area contributed by atoms with Crippen LogP contribution in [0.1, 0.15) is 31.2 Å². The number of methoxy groups -OCH3 is 1. The molecule has 5 nitrogen and oxygen atoms in total. The first-order valence-corrected chi connectivity index (χ1v) is 8.37. The average molecular weight is 367 g/mol. The monoisotopic (exact) mass is 367 g/mol. The number of ether oxygens (including phenoxy) is 2. The Balaban J connectivity index is 1.91. The number of hydrogen-bond donors (Lipinski definition) is 0. The molecule has 1 aliphatic rings. The molecule has 26 heavy (non-hydrogen) atoms. The summed E-state index contributed by atoms with van der Waals surface area (Å²) in [5, 5.41) is 0. The Morgan fingerprint density at radius 1 is 1.12 bits per heavy atom. The quantitative estimate of drug-likeness (QED) is 0.773. The standard InChI is InChI=1S/C18H20F3N3O2/c1-24(12-7-9-13(25-2)10-8-12)17-22-11-15(18(19,20)21)16(23-17)26-14-5-3-4-6-14/h7-11,14H,3-6H2,1-2H3. The molecule has 1 aromatic heterocycles. The Kier molecular flexibility index (Phi) is 5.20. The van der Waals surface area contributed by atoms with E-state index in [9.17, 15) is 13.2 Å². The number of aromatic nitrogens is 2. The molecule has 0 unspecified atom stereocenters. The van der Waals surface area contributed by atoms with Gasteiger partial charge in [0.1, 0.15) is 17.4 Å². The van der Waals surface area contributed by atoms with Gasteiger partial charge in [-0.2, -0.15) is 18.2 Å². The van der Waals surface area contributed by atoms with E-state index in [2.05, 4.69) is 9.97 Å². The topological polar surface area (TPSA) is 47.5 Å². The lowest BCUT2D eigenvalue weighted by Crippen LogP contribution is -2.20. The maximum absolute atomic E-state index is 13.3. The van der Waals surface area contributed by atoms with Gasteiger partial charge in [0, 0.05) is 18.9 Å². The van der Waals surface area contributed by atoms with E-state index in [1.807, 2.05) is 0 Å². The van der Waals surface area contributed by atoms with Crippen LogP contribution in [-0.2, 0) is 6.18 Å². The van der Waals surface area contributed by atoms with Gasteiger partial charge in [-0.3, -0.25) is 0 Å². The third kappa shape index (κ3) is 4.00. The van der Waals surface area contributed by atoms with Crippen LogP contribution in [0.2, 0.25) is 0 Å². The van der Waals surface area contributed by atoms with E-state index in [1.165, 1.54) is 0 Å². The molecule has 0 spiro atoms. The molecule has 0 aliphatic heterocycles. The molecule has 0 atom stereocenters. The minimum absolute atomic E-state index is 0.135. The van der Waals surface area contributed by atoms with Crippen molar-refractivity contribution in [2.75, 3.05) is 19.1 Å². The number of rotatable bonds is 5. The molecular weight excluding hydrogens is 347 g/mol. The van der Waals surface area contributed by atoms with Crippen LogP contribution in [-0.4, -0.2) is 30.2 Å². The highest BCUT2D eigenvalue weighted by Gasteiger charge is 2.37. The van der Waals surface area contributed by atoms with Crippen molar-refractivity contribution in [3.8, 4) is 11.6 Å². The normalized spacial score (nSPS) is 15.1. The summed E-state index contributed by atoms with van der Waals surface area (Å²) in [4.78, 5) is 9.54. The minimum Gasteiger partial charge on any atom is -0.497 e. The molecular formula is C18H20F3N3O2. The zero-order chi connectivity index (χ0) is 18.7. The maximum atomic E-state index is 13.3. The summed E-state index contributed by atoms with van der Waals surface area (Å²) >= 11 is 0. The zero-order valence-corrected chi connectivity index (χ0v) is 14.6. The van der Waals surface area contributed by atoms with Crippen LogP contribution in [0.4, 0.5) is 24.8 Å². The van der Waals surface area contributed by atoms with Crippen molar-refractivity contribution in [1.29, 1.82) is 0 Å². The fourth-order valence-corrected chi connectivity index (χ4v) is 2.89. The number of nitrogens with zero attached hydrogens (tertiary/aromatic N) is 3. The number of halogens is 3. The SMILES string of the molecule is COc1ccc(N(C)c2ncc(C(F)(F)F)c(OC3CCCC3)n2)cc1. The molecule has 0 N–H and O–H groups in total. The fourth-order valence-electron chi connectivity index (χ4n) is 2.89. The van der Waals surface area contributed by atoms with Gasteiger partial charge >= 0.3 is 6.18 Å². The second kappa shape index (κ2) is 7.39. The van der Waals surface area contributed by atoms with Gasteiger partial charge in [-0.25, -0.2) is 4.98 Å². The summed E-state index contributed by atoms with van der Waals surface area (Å²) in [6, 6.07) is 7.06. The number of benzene rings is 1. The predicted molar refractivity (Wildman–Crippen MR) is 91.0 cm³/mol. The predicted octanol–water partition coefficient (Wildman–Crippen LogP) is 4.59. The fraction of sp³-hybridized carbons (Fsp3) is 0.444. The first-order chi connectivity index (χ1) is 12.4. The van der Waals surface area contributed by atoms with Crippen LogP contribution < -0.4 is 14.4 Å². The van der Waals surface area contributed by atoms with E-state index in [4.69, 9.17) is 9.47 Å². The van der Waals surface area contributed by atoms with Gasteiger partial charge in [-0.15, -0.1) is 0 Å². The lowest BCUT2D eigenvalue weighted by molar-refractivity contribution is -0.139. The molecule has 0 amide bonds.